The van der Waals surface area contributed by atoms with E-state index in [9.17, 15) is 9.59 Å². The van der Waals surface area contributed by atoms with E-state index in [4.69, 9.17) is 10.2 Å². The van der Waals surface area contributed by atoms with Gasteiger partial charge in [-0.25, -0.2) is 4.79 Å². The van der Waals surface area contributed by atoms with Gasteiger partial charge in [0.05, 0.1) is 6.61 Å². The molecule has 34 heavy (non-hydrogen) atoms. The molecule has 3 aromatic carbocycles. The highest BCUT2D eigenvalue weighted by Gasteiger charge is 2.25. The van der Waals surface area contributed by atoms with Crippen molar-refractivity contribution in [1.29, 1.82) is 0 Å². The van der Waals surface area contributed by atoms with Crippen molar-refractivity contribution in [1.82, 2.24) is 10.6 Å². The van der Waals surface area contributed by atoms with Crippen LogP contribution in [0.25, 0.3) is 10.8 Å². The topological polar surface area (TPSA) is 98.7 Å². The van der Waals surface area contributed by atoms with E-state index in [2.05, 4.69) is 60.0 Å². The Hall–Kier alpha value is -3.22. The minimum atomic E-state index is -1.30. The van der Waals surface area contributed by atoms with Gasteiger partial charge in [0.15, 0.2) is 6.04 Å². The lowest BCUT2D eigenvalue weighted by Gasteiger charge is -2.32. The van der Waals surface area contributed by atoms with Crippen molar-refractivity contribution in [2.45, 2.75) is 56.7 Å². The second-order valence-electron chi connectivity index (χ2n) is 9.19. The Kier molecular flexibility index (Phi) is 7.60. The van der Waals surface area contributed by atoms with E-state index in [1.807, 2.05) is 12.1 Å². The van der Waals surface area contributed by atoms with Crippen molar-refractivity contribution >= 4 is 22.6 Å². The van der Waals surface area contributed by atoms with Gasteiger partial charge in [-0.1, -0.05) is 61.0 Å². The smallest absolute Gasteiger partial charge is 0.328 e. The van der Waals surface area contributed by atoms with E-state index in [1.54, 1.807) is 12.1 Å². The number of aliphatic hydroxyl groups excluding tert-OH is 1. The summed E-state index contributed by atoms with van der Waals surface area (Å²) >= 11 is 0. The molecule has 6 heteroatoms. The van der Waals surface area contributed by atoms with Crippen LogP contribution in [0.2, 0.25) is 0 Å². The third-order valence-electron chi connectivity index (χ3n) is 6.88. The molecule has 4 rings (SSSR count). The fourth-order valence-electron chi connectivity index (χ4n) is 5.05. The summed E-state index contributed by atoms with van der Waals surface area (Å²) < 4.78 is 0. The van der Waals surface area contributed by atoms with E-state index < -0.39 is 24.5 Å². The van der Waals surface area contributed by atoms with Gasteiger partial charge in [-0.3, -0.25) is 4.79 Å². The summed E-state index contributed by atoms with van der Waals surface area (Å²) in [4.78, 5) is 23.4. The predicted octanol–water partition coefficient (Wildman–Crippen LogP) is 4.39. The van der Waals surface area contributed by atoms with Crippen molar-refractivity contribution in [2.24, 2.45) is 0 Å². The summed E-state index contributed by atoms with van der Waals surface area (Å²) in [5.74, 6) is -1.35. The number of fused-ring (bicyclic) bond motifs is 1. The molecular weight excluding hydrogens is 428 g/mol. The SMILES string of the molecule is C[C@@H](NC1CCC[C@H](c2ccc(C(=O)NC(CO)C(=O)O)cc2)C1)c1cccc2ccccc12. The van der Waals surface area contributed by atoms with Crippen LogP contribution in [0.5, 0.6) is 0 Å². The van der Waals surface area contributed by atoms with Gasteiger partial charge in [0, 0.05) is 17.6 Å². The molecule has 1 amide bonds. The van der Waals surface area contributed by atoms with Gasteiger partial charge in [0.25, 0.3) is 5.91 Å². The molecule has 2 unspecified atom stereocenters. The molecule has 0 aliphatic heterocycles. The molecule has 0 aromatic heterocycles. The van der Waals surface area contributed by atoms with E-state index in [0.29, 0.717) is 17.5 Å². The van der Waals surface area contributed by atoms with Gasteiger partial charge in [-0.05, 0) is 66.1 Å². The quantitative estimate of drug-likeness (QED) is 0.400. The van der Waals surface area contributed by atoms with Crippen molar-refractivity contribution in [3.8, 4) is 0 Å². The fraction of sp³-hybridized carbons (Fsp3) is 0.357. The number of aliphatic hydroxyl groups is 1. The number of nitrogens with one attached hydrogen (secondary N) is 2. The van der Waals surface area contributed by atoms with Crippen LogP contribution in [0, 0.1) is 0 Å². The first kappa shape index (κ1) is 23.9. The molecule has 1 aliphatic carbocycles. The number of aliphatic carboxylic acids is 1. The lowest BCUT2D eigenvalue weighted by molar-refractivity contribution is -0.140. The zero-order chi connectivity index (χ0) is 24.1. The van der Waals surface area contributed by atoms with Gasteiger partial charge in [-0.2, -0.15) is 0 Å². The van der Waals surface area contributed by atoms with Gasteiger partial charge < -0.3 is 20.8 Å². The summed E-state index contributed by atoms with van der Waals surface area (Å²) in [5.41, 5.74) is 2.90. The number of benzene rings is 3. The molecule has 3 aromatic rings. The Morgan fingerprint density at radius 2 is 1.74 bits per heavy atom. The van der Waals surface area contributed by atoms with E-state index in [-0.39, 0.29) is 6.04 Å². The molecule has 0 heterocycles. The van der Waals surface area contributed by atoms with Crippen LogP contribution in [-0.2, 0) is 4.79 Å². The zero-order valence-corrected chi connectivity index (χ0v) is 19.4. The average Bonchev–Trinajstić information content (AvgIpc) is 2.86. The maximum atomic E-state index is 12.3. The molecule has 0 bridgehead atoms. The van der Waals surface area contributed by atoms with Crippen molar-refractivity contribution in [3.05, 3.63) is 83.4 Å². The number of carboxylic acids is 1. The maximum Gasteiger partial charge on any atom is 0.328 e. The summed E-state index contributed by atoms with van der Waals surface area (Å²) in [6.45, 7) is 1.59. The Balaban J connectivity index is 1.40. The van der Waals surface area contributed by atoms with E-state index in [1.165, 1.54) is 21.9 Å². The summed E-state index contributed by atoms with van der Waals surface area (Å²) in [5, 5.41) is 26.9. The maximum absolute atomic E-state index is 12.3. The number of hydrogen-bond acceptors (Lipinski definition) is 4. The highest BCUT2D eigenvalue weighted by Crippen LogP contribution is 2.34. The molecule has 178 valence electrons. The Labute approximate surface area is 200 Å². The van der Waals surface area contributed by atoms with Crippen LogP contribution in [0.3, 0.4) is 0 Å². The number of carboxylic acid groups (broad SMARTS) is 1. The normalized spacial score (nSPS) is 19.9. The first-order valence-corrected chi connectivity index (χ1v) is 11.9. The summed E-state index contributed by atoms with van der Waals surface area (Å²) in [6.07, 6.45) is 4.43. The van der Waals surface area contributed by atoms with Crippen LogP contribution in [0.4, 0.5) is 0 Å². The standard InChI is InChI=1S/C28H32N2O4/c1-18(24-11-5-7-20-6-2-3-10-25(20)24)29-23-9-4-8-22(16-23)19-12-14-21(15-13-19)27(32)30-26(17-31)28(33)34/h2-3,5-7,10-15,18,22-23,26,29,31H,4,8-9,16-17H2,1H3,(H,30,32)(H,33,34)/t18-,22+,23?,26?/m1/s1. The van der Waals surface area contributed by atoms with Gasteiger partial charge in [0.2, 0.25) is 0 Å². The third kappa shape index (κ3) is 5.46. The lowest BCUT2D eigenvalue weighted by Crippen LogP contribution is -2.43. The highest BCUT2D eigenvalue weighted by atomic mass is 16.4. The number of carbonyl (C=O) groups is 2. The van der Waals surface area contributed by atoms with Gasteiger partial charge in [0.1, 0.15) is 0 Å². The predicted molar refractivity (Wildman–Crippen MR) is 133 cm³/mol. The van der Waals surface area contributed by atoms with Crippen molar-refractivity contribution < 1.29 is 19.8 Å². The molecule has 0 radical (unpaired) electrons. The van der Waals surface area contributed by atoms with E-state index in [0.717, 1.165) is 25.7 Å². The molecule has 6 nitrogen and oxygen atoms in total. The fourth-order valence-corrected chi connectivity index (χ4v) is 5.05. The van der Waals surface area contributed by atoms with Crippen LogP contribution in [0.15, 0.2) is 66.7 Å². The van der Waals surface area contributed by atoms with Crippen molar-refractivity contribution in [2.75, 3.05) is 6.61 Å². The van der Waals surface area contributed by atoms with E-state index >= 15 is 0 Å². The number of hydrogen-bond donors (Lipinski definition) is 4. The van der Waals surface area contributed by atoms with Crippen LogP contribution in [-0.4, -0.2) is 40.8 Å². The molecule has 0 spiro atoms. The van der Waals surface area contributed by atoms with Crippen molar-refractivity contribution in [3.63, 3.8) is 0 Å². The van der Waals surface area contributed by atoms with Gasteiger partial charge >= 0.3 is 5.97 Å². The molecular formula is C28H32N2O4. The largest absolute Gasteiger partial charge is 0.480 e. The number of carbonyl (C=O) groups excluding carboxylic acids is 1. The highest BCUT2D eigenvalue weighted by molar-refractivity contribution is 5.96. The number of amides is 1. The molecule has 1 saturated carbocycles. The Bertz CT molecular complexity index is 1140. The Morgan fingerprint density at radius 1 is 1.00 bits per heavy atom. The molecule has 1 aliphatic rings. The summed E-state index contributed by atoms with van der Waals surface area (Å²) in [6, 6.07) is 21.7. The van der Waals surface area contributed by atoms with Crippen LogP contribution >= 0.6 is 0 Å². The minimum Gasteiger partial charge on any atom is -0.480 e. The zero-order valence-electron chi connectivity index (χ0n) is 19.4. The molecule has 4 atom stereocenters. The first-order valence-electron chi connectivity index (χ1n) is 11.9. The lowest BCUT2D eigenvalue weighted by atomic mass is 9.80. The summed E-state index contributed by atoms with van der Waals surface area (Å²) in [7, 11) is 0. The minimum absolute atomic E-state index is 0.245. The van der Waals surface area contributed by atoms with Crippen LogP contribution in [0.1, 0.15) is 66.1 Å². The molecule has 4 N–H and O–H groups in total. The first-order chi connectivity index (χ1) is 16.5. The third-order valence-corrected chi connectivity index (χ3v) is 6.88. The monoisotopic (exact) mass is 460 g/mol. The number of rotatable bonds is 8. The van der Waals surface area contributed by atoms with Crippen LogP contribution < -0.4 is 10.6 Å². The average molecular weight is 461 g/mol. The van der Waals surface area contributed by atoms with Gasteiger partial charge in [-0.15, -0.1) is 0 Å². The second-order valence-corrected chi connectivity index (χ2v) is 9.19. The molecule has 0 saturated heterocycles. The molecule has 1 fully saturated rings. The second kappa shape index (κ2) is 10.8. The Morgan fingerprint density at radius 3 is 2.47 bits per heavy atom.